The number of allylic oxidation sites excluding steroid dienone is 1. The molecule has 1 N–H and O–H groups in total. The van der Waals surface area contributed by atoms with Gasteiger partial charge in [-0.3, -0.25) is 14.9 Å². The Morgan fingerprint density at radius 2 is 2.07 bits per heavy atom. The molecule has 0 aliphatic rings. The van der Waals surface area contributed by atoms with Crippen molar-refractivity contribution in [2.45, 2.75) is 4.90 Å². The molecule has 2 aromatic carbocycles. The zero-order valence-electron chi connectivity index (χ0n) is 14.9. The number of non-ortho nitro benzene ring substituents is 1. The van der Waals surface area contributed by atoms with E-state index in [0.29, 0.717) is 16.9 Å². The van der Waals surface area contributed by atoms with Gasteiger partial charge in [0.05, 0.1) is 28.9 Å². The molecular formula is C19H18N4O3S. The number of hydrogen-bond donors (Lipinski definition) is 1. The van der Waals surface area contributed by atoms with Crippen LogP contribution >= 0.6 is 11.8 Å². The number of rotatable bonds is 7. The van der Waals surface area contributed by atoms with Crippen LogP contribution in [0.4, 0.5) is 11.4 Å². The quantitative estimate of drug-likeness (QED) is 0.339. The van der Waals surface area contributed by atoms with Gasteiger partial charge >= 0.3 is 0 Å². The first-order chi connectivity index (χ1) is 13.0. The third-order valence-electron chi connectivity index (χ3n) is 3.73. The van der Waals surface area contributed by atoms with Crippen molar-refractivity contribution in [3.63, 3.8) is 0 Å². The standard InChI is InChI=1S/C19H18N4O3S/c1-22(13-19(24)21-16-8-3-4-9-18(16)27-2)17(10-11-20)14-6-5-7-15(12-14)23(25)26/h3-10,12H,13H2,1-2H3,(H,21,24)/b17-10+. The number of anilines is 1. The monoisotopic (exact) mass is 382 g/mol. The first-order valence-corrected chi connectivity index (χ1v) is 9.17. The molecule has 0 aromatic heterocycles. The van der Waals surface area contributed by atoms with Gasteiger partial charge in [-0.05, 0) is 18.4 Å². The van der Waals surface area contributed by atoms with Crippen LogP contribution in [0.15, 0.2) is 59.5 Å². The van der Waals surface area contributed by atoms with Gasteiger partial charge in [0.1, 0.15) is 0 Å². The van der Waals surface area contributed by atoms with Gasteiger partial charge in [-0.1, -0.05) is 24.3 Å². The van der Waals surface area contributed by atoms with E-state index in [0.717, 1.165) is 4.90 Å². The van der Waals surface area contributed by atoms with Crippen molar-refractivity contribution in [1.29, 1.82) is 5.26 Å². The van der Waals surface area contributed by atoms with E-state index < -0.39 is 4.92 Å². The number of carbonyl (C=O) groups is 1. The number of nitrogens with zero attached hydrogens (tertiary/aromatic N) is 3. The summed E-state index contributed by atoms with van der Waals surface area (Å²) in [5.41, 5.74) is 1.55. The Labute approximate surface area is 161 Å². The van der Waals surface area contributed by atoms with Crippen LogP contribution in [0.2, 0.25) is 0 Å². The summed E-state index contributed by atoms with van der Waals surface area (Å²) in [6, 6.07) is 15.3. The van der Waals surface area contributed by atoms with Crippen molar-refractivity contribution in [2.75, 3.05) is 25.2 Å². The van der Waals surface area contributed by atoms with E-state index in [1.807, 2.05) is 36.6 Å². The Morgan fingerprint density at radius 3 is 2.74 bits per heavy atom. The van der Waals surface area contributed by atoms with Crippen molar-refractivity contribution < 1.29 is 9.72 Å². The molecule has 7 nitrogen and oxygen atoms in total. The normalized spacial score (nSPS) is 10.8. The fourth-order valence-corrected chi connectivity index (χ4v) is 3.05. The molecular weight excluding hydrogens is 364 g/mol. The summed E-state index contributed by atoms with van der Waals surface area (Å²) < 4.78 is 0. The number of nitro groups is 1. The Hall–Kier alpha value is -3.31. The van der Waals surface area contributed by atoms with Gasteiger partial charge in [0.25, 0.3) is 5.69 Å². The third-order valence-corrected chi connectivity index (χ3v) is 4.52. The van der Waals surface area contributed by atoms with Crippen LogP contribution in [0.1, 0.15) is 5.56 Å². The molecule has 0 bridgehead atoms. The smallest absolute Gasteiger partial charge is 0.270 e. The maximum atomic E-state index is 12.4. The predicted molar refractivity (Wildman–Crippen MR) is 106 cm³/mol. The Kier molecular flexibility index (Phi) is 6.97. The van der Waals surface area contributed by atoms with Gasteiger partial charge in [0, 0.05) is 35.7 Å². The second-order valence-corrected chi connectivity index (χ2v) is 6.42. The van der Waals surface area contributed by atoms with Gasteiger partial charge in [0.2, 0.25) is 5.91 Å². The van der Waals surface area contributed by atoms with Crippen LogP contribution in [0.3, 0.4) is 0 Å². The number of para-hydroxylation sites is 1. The minimum atomic E-state index is -0.500. The molecule has 0 radical (unpaired) electrons. The van der Waals surface area contributed by atoms with E-state index in [9.17, 15) is 14.9 Å². The van der Waals surface area contributed by atoms with E-state index in [1.54, 1.807) is 24.1 Å². The van der Waals surface area contributed by atoms with E-state index >= 15 is 0 Å². The minimum Gasteiger partial charge on any atom is -0.364 e. The SMILES string of the molecule is CSc1ccccc1NC(=O)CN(C)/C(=C/C#N)c1cccc([N+](=O)[O-])c1. The summed E-state index contributed by atoms with van der Waals surface area (Å²) in [5.74, 6) is -0.256. The van der Waals surface area contributed by atoms with Gasteiger partial charge in [-0.15, -0.1) is 11.8 Å². The molecule has 138 valence electrons. The van der Waals surface area contributed by atoms with E-state index in [-0.39, 0.29) is 18.1 Å². The highest BCUT2D eigenvalue weighted by molar-refractivity contribution is 7.98. The number of hydrogen-bond acceptors (Lipinski definition) is 6. The molecule has 0 saturated carbocycles. The maximum Gasteiger partial charge on any atom is 0.270 e. The molecule has 8 heteroatoms. The van der Waals surface area contributed by atoms with Gasteiger partial charge in [-0.25, -0.2) is 0 Å². The average molecular weight is 382 g/mol. The van der Waals surface area contributed by atoms with Crippen LogP contribution < -0.4 is 5.32 Å². The van der Waals surface area contributed by atoms with Crippen LogP contribution in [0, 0.1) is 21.4 Å². The zero-order valence-corrected chi connectivity index (χ0v) is 15.7. The highest BCUT2D eigenvalue weighted by Gasteiger charge is 2.15. The molecule has 0 heterocycles. The van der Waals surface area contributed by atoms with Gasteiger partial charge in [0.15, 0.2) is 0 Å². The summed E-state index contributed by atoms with van der Waals surface area (Å²) in [5, 5.41) is 22.9. The van der Waals surface area contributed by atoms with Crippen LogP contribution in [0.5, 0.6) is 0 Å². The highest BCUT2D eigenvalue weighted by atomic mass is 32.2. The fraction of sp³-hybridized carbons (Fsp3) is 0.158. The number of likely N-dealkylation sites (N-methyl/N-ethyl adjacent to an activating group) is 1. The molecule has 27 heavy (non-hydrogen) atoms. The maximum absolute atomic E-state index is 12.4. The average Bonchev–Trinajstić information content (AvgIpc) is 2.66. The topological polar surface area (TPSA) is 99.3 Å². The summed E-state index contributed by atoms with van der Waals surface area (Å²) in [6.45, 7) is -0.0150. The van der Waals surface area contributed by atoms with Crippen molar-refractivity contribution >= 4 is 34.7 Å². The lowest BCUT2D eigenvalue weighted by molar-refractivity contribution is -0.384. The van der Waals surface area contributed by atoms with E-state index in [1.165, 1.54) is 30.0 Å². The second kappa shape index (κ2) is 9.40. The Bertz CT molecular complexity index is 921. The molecule has 0 saturated heterocycles. The third kappa shape index (κ3) is 5.33. The lowest BCUT2D eigenvalue weighted by atomic mass is 10.1. The van der Waals surface area contributed by atoms with E-state index in [2.05, 4.69) is 5.32 Å². The van der Waals surface area contributed by atoms with Crippen molar-refractivity contribution in [2.24, 2.45) is 0 Å². The number of nitrogens with one attached hydrogen (secondary N) is 1. The predicted octanol–water partition coefficient (Wildman–Crippen LogP) is 3.75. The number of amides is 1. The van der Waals surface area contributed by atoms with Crippen LogP contribution in [-0.4, -0.2) is 35.6 Å². The van der Waals surface area contributed by atoms with Gasteiger partial charge < -0.3 is 10.2 Å². The molecule has 2 aromatic rings. The summed E-state index contributed by atoms with van der Waals surface area (Å²) in [6.07, 6.45) is 3.19. The highest BCUT2D eigenvalue weighted by Crippen LogP contribution is 2.25. The summed E-state index contributed by atoms with van der Waals surface area (Å²) in [7, 11) is 1.65. The number of carbonyl (C=O) groups excluding carboxylic acids is 1. The minimum absolute atomic E-state index is 0.0150. The first kappa shape index (κ1) is 20.0. The van der Waals surface area contributed by atoms with Crippen LogP contribution in [0.25, 0.3) is 5.70 Å². The zero-order chi connectivity index (χ0) is 19.8. The molecule has 0 aliphatic carbocycles. The summed E-state index contributed by atoms with van der Waals surface area (Å²) in [4.78, 5) is 25.4. The Morgan fingerprint density at radius 1 is 1.33 bits per heavy atom. The molecule has 0 spiro atoms. The van der Waals surface area contributed by atoms with Crippen molar-refractivity contribution in [3.05, 3.63) is 70.3 Å². The molecule has 0 aliphatic heterocycles. The van der Waals surface area contributed by atoms with E-state index in [4.69, 9.17) is 5.26 Å². The van der Waals surface area contributed by atoms with Crippen LogP contribution in [-0.2, 0) is 4.79 Å². The molecule has 2 rings (SSSR count). The van der Waals surface area contributed by atoms with Crippen molar-refractivity contribution in [3.8, 4) is 6.07 Å². The molecule has 0 fully saturated rings. The lowest BCUT2D eigenvalue weighted by Crippen LogP contribution is -2.29. The fourth-order valence-electron chi connectivity index (χ4n) is 2.49. The Balaban J connectivity index is 2.18. The summed E-state index contributed by atoms with van der Waals surface area (Å²) >= 11 is 1.53. The lowest BCUT2D eigenvalue weighted by Gasteiger charge is -2.22. The largest absolute Gasteiger partial charge is 0.364 e. The molecule has 1 amide bonds. The number of nitro benzene ring substituents is 1. The first-order valence-electron chi connectivity index (χ1n) is 7.95. The number of thioether (sulfide) groups is 1. The molecule has 0 atom stereocenters. The molecule has 0 unspecified atom stereocenters. The van der Waals surface area contributed by atoms with Crippen molar-refractivity contribution in [1.82, 2.24) is 4.90 Å². The number of benzene rings is 2. The van der Waals surface area contributed by atoms with Gasteiger partial charge in [-0.2, -0.15) is 5.26 Å². The second-order valence-electron chi connectivity index (χ2n) is 5.57. The number of nitriles is 1.